The van der Waals surface area contributed by atoms with Crippen LogP contribution in [0.2, 0.25) is 0 Å². The Morgan fingerprint density at radius 3 is 1.86 bits per heavy atom. The van der Waals surface area contributed by atoms with Crippen molar-refractivity contribution in [3.63, 3.8) is 0 Å². The molecule has 0 fully saturated rings. The molecule has 0 radical (unpaired) electrons. The van der Waals surface area contributed by atoms with Crippen molar-refractivity contribution in [1.82, 2.24) is 8.61 Å². The minimum absolute atomic E-state index is 0.0300. The van der Waals surface area contributed by atoms with Crippen molar-refractivity contribution in [2.24, 2.45) is 0 Å². The SMILES string of the molecule is CN(C)S(=O)(=O)CCNc1ccc(S(=O)(=O)N(C)C)cc1. The largest absolute Gasteiger partial charge is 0.384 e. The van der Waals surface area contributed by atoms with Crippen molar-refractivity contribution in [3.8, 4) is 0 Å². The molecule has 21 heavy (non-hydrogen) atoms. The third-order valence-corrected chi connectivity index (χ3v) is 6.54. The van der Waals surface area contributed by atoms with E-state index in [1.54, 1.807) is 12.1 Å². The van der Waals surface area contributed by atoms with E-state index in [2.05, 4.69) is 5.32 Å². The highest BCUT2D eigenvalue weighted by Gasteiger charge is 2.16. The molecule has 1 rings (SSSR count). The Balaban J connectivity index is 2.69. The van der Waals surface area contributed by atoms with Crippen LogP contribution in [0.25, 0.3) is 0 Å². The van der Waals surface area contributed by atoms with Crippen LogP contribution in [-0.2, 0) is 20.0 Å². The van der Waals surface area contributed by atoms with Crippen LogP contribution in [0.1, 0.15) is 0 Å². The summed E-state index contributed by atoms with van der Waals surface area (Å²) in [4.78, 5) is 0.193. The summed E-state index contributed by atoms with van der Waals surface area (Å²) in [6, 6.07) is 6.19. The quantitative estimate of drug-likeness (QED) is 0.771. The zero-order valence-electron chi connectivity index (χ0n) is 12.6. The van der Waals surface area contributed by atoms with Crippen molar-refractivity contribution in [2.45, 2.75) is 4.90 Å². The molecule has 0 spiro atoms. The Morgan fingerprint density at radius 2 is 1.43 bits per heavy atom. The van der Waals surface area contributed by atoms with Crippen molar-refractivity contribution in [2.75, 3.05) is 45.8 Å². The summed E-state index contributed by atoms with van der Waals surface area (Å²) in [5.41, 5.74) is 0.668. The second kappa shape index (κ2) is 6.73. The monoisotopic (exact) mass is 335 g/mol. The molecule has 9 heteroatoms. The van der Waals surface area contributed by atoms with Gasteiger partial charge in [-0.2, -0.15) is 0 Å². The van der Waals surface area contributed by atoms with E-state index < -0.39 is 20.0 Å². The summed E-state index contributed by atoms with van der Waals surface area (Å²) < 4.78 is 49.2. The topological polar surface area (TPSA) is 86.8 Å². The first kappa shape index (κ1) is 17.9. The number of benzene rings is 1. The lowest BCUT2D eigenvalue weighted by molar-refractivity contribution is 0.520. The zero-order valence-corrected chi connectivity index (χ0v) is 14.2. The van der Waals surface area contributed by atoms with Crippen LogP contribution in [0, 0.1) is 0 Å². The molecule has 0 amide bonds. The molecule has 1 aromatic rings. The van der Waals surface area contributed by atoms with Crippen LogP contribution in [0.3, 0.4) is 0 Å². The van der Waals surface area contributed by atoms with E-state index >= 15 is 0 Å². The maximum atomic E-state index is 11.9. The van der Waals surface area contributed by atoms with Gasteiger partial charge in [-0.1, -0.05) is 0 Å². The van der Waals surface area contributed by atoms with Crippen molar-refractivity contribution in [3.05, 3.63) is 24.3 Å². The van der Waals surface area contributed by atoms with Gasteiger partial charge in [0.15, 0.2) is 0 Å². The van der Waals surface area contributed by atoms with E-state index in [1.807, 2.05) is 0 Å². The Kier molecular flexibility index (Phi) is 5.74. The molecular formula is C12H21N3O4S2. The highest BCUT2D eigenvalue weighted by Crippen LogP contribution is 2.16. The van der Waals surface area contributed by atoms with E-state index in [0.717, 1.165) is 4.31 Å². The van der Waals surface area contributed by atoms with Gasteiger partial charge in [0.05, 0.1) is 10.6 Å². The molecule has 0 aromatic heterocycles. The fourth-order valence-corrected chi connectivity index (χ4v) is 3.09. The summed E-state index contributed by atoms with van der Waals surface area (Å²) in [6.45, 7) is 0.250. The molecule has 7 nitrogen and oxygen atoms in total. The van der Waals surface area contributed by atoms with Gasteiger partial charge in [0.2, 0.25) is 20.0 Å². The van der Waals surface area contributed by atoms with Crippen LogP contribution in [0.5, 0.6) is 0 Å². The van der Waals surface area contributed by atoms with Crippen molar-refractivity contribution < 1.29 is 16.8 Å². The van der Waals surface area contributed by atoms with Gasteiger partial charge in [0.25, 0.3) is 0 Å². The van der Waals surface area contributed by atoms with Gasteiger partial charge < -0.3 is 5.32 Å². The third-order valence-electron chi connectivity index (χ3n) is 2.88. The molecule has 0 aliphatic carbocycles. The normalized spacial score (nSPS) is 12.9. The Hall–Kier alpha value is -1.16. The van der Waals surface area contributed by atoms with E-state index in [0.29, 0.717) is 5.69 Å². The zero-order chi connectivity index (χ0) is 16.3. The predicted molar refractivity (Wildman–Crippen MR) is 83.3 cm³/mol. The lowest BCUT2D eigenvalue weighted by Gasteiger charge is -2.13. The Morgan fingerprint density at radius 1 is 0.905 bits per heavy atom. The minimum atomic E-state index is -3.45. The predicted octanol–water partition coefficient (Wildman–Crippen LogP) is 0.240. The maximum absolute atomic E-state index is 11.9. The Bertz CT molecular complexity index is 665. The second-order valence-corrected chi connectivity index (χ2v) is 9.29. The lowest BCUT2D eigenvalue weighted by Crippen LogP contribution is -2.28. The van der Waals surface area contributed by atoms with Gasteiger partial charge in [0.1, 0.15) is 0 Å². The number of nitrogens with one attached hydrogen (secondary N) is 1. The van der Waals surface area contributed by atoms with Gasteiger partial charge in [-0.3, -0.25) is 0 Å². The average molecular weight is 335 g/mol. The van der Waals surface area contributed by atoms with E-state index in [4.69, 9.17) is 0 Å². The van der Waals surface area contributed by atoms with E-state index in [9.17, 15) is 16.8 Å². The molecule has 120 valence electrons. The summed E-state index contributed by atoms with van der Waals surface area (Å²) in [6.07, 6.45) is 0. The smallest absolute Gasteiger partial charge is 0.242 e. The second-order valence-electron chi connectivity index (χ2n) is 4.84. The fourth-order valence-electron chi connectivity index (χ4n) is 1.46. The minimum Gasteiger partial charge on any atom is -0.384 e. The molecule has 0 saturated heterocycles. The highest BCUT2D eigenvalue weighted by atomic mass is 32.2. The van der Waals surface area contributed by atoms with Gasteiger partial charge in [-0.15, -0.1) is 0 Å². The first-order valence-electron chi connectivity index (χ1n) is 6.24. The average Bonchev–Trinajstić information content (AvgIpc) is 2.38. The lowest BCUT2D eigenvalue weighted by atomic mass is 10.3. The molecule has 0 saturated carbocycles. The van der Waals surface area contributed by atoms with Crippen LogP contribution in [0.4, 0.5) is 5.69 Å². The highest BCUT2D eigenvalue weighted by molar-refractivity contribution is 7.89. The van der Waals surface area contributed by atoms with Gasteiger partial charge in [-0.05, 0) is 24.3 Å². The molecule has 0 aliphatic heterocycles. The number of rotatable bonds is 7. The third kappa shape index (κ3) is 4.67. The van der Waals surface area contributed by atoms with Crippen LogP contribution < -0.4 is 5.32 Å². The first-order valence-corrected chi connectivity index (χ1v) is 9.29. The molecule has 0 aliphatic rings. The first-order chi connectivity index (χ1) is 9.57. The van der Waals surface area contributed by atoms with E-state index in [1.165, 1.54) is 44.6 Å². The molecule has 1 N–H and O–H groups in total. The van der Waals surface area contributed by atoms with Crippen LogP contribution in [-0.4, -0.2) is 65.9 Å². The molecule has 0 atom stereocenters. The number of nitrogens with zero attached hydrogens (tertiary/aromatic N) is 2. The Labute approximate surface area is 126 Å². The standard InChI is InChI=1S/C12H21N3O4S2/c1-14(2)20(16,17)10-9-13-11-5-7-12(8-6-11)21(18,19)15(3)4/h5-8,13H,9-10H2,1-4H3. The van der Waals surface area contributed by atoms with E-state index in [-0.39, 0.29) is 17.2 Å². The summed E-state index contributed by atoms with van der Waals surface area (Å²) in [5, 5.41) is 2.95. The van der Waals surface area contributed by atoms with Crippen molar-refractivity contribution in [1.29, 1.82) is 0 Å². The molecule has 0 bridgehead atoms. The van der Waals surface area contributed by atoms with Gasteiger partial charge >= 0.3 is 0 Å². The maximum Gasteiger partial charge on any atom is 0.242 e. The number of hydrogen-bond donors (Lipinski definition) is 1. The summed E-state index contributed by atoms with van der Waals surface area (Å²) >= 11 is 0. The summed E-state index contributed by atoms with van der Waals surface area (Å²) in [7, 11) is -0.792. The van der Waals surface area contributed by atoms with Gasteiger partial charge in [-0.25, -0.2) is 25.4 Å². The van der Waals surface area contributed by atoms with Crippen molar-refractivity contribution >= 4 is 25.7 Å². The molecule has 1 aromatic carbocycles. The summed E-state index contributed by atoms with van der Waals surface area (Å²) in [5.74, 6) is -0.0300. The van der Waals surface area contributed by atoms with Crippen LogP contribution >= 0.6 is 0 Å². The molecule has 0 unspecified atom stereocenters. The van der Waals surface area contributed by atoms with Gasteiger partial charge in [0, 0.05) is 40.4 Å². The fraction of sp³-hybridized carbons (Fsp3) is 0.500. The van der Waals surface area contributed by atoms with Crippen LogP contribution in [0.15, 0.2) is 29.2 Å². The molecular weight excluding hydrogens is 314 g/mol. The molecule has 0 heterocycles. The number of anilines is 1. The number of sulfonamides is 2. The number of hydrogen-bond acceptors (Lipinski definition) is 5.